The molecule has 7 heteroatoms. The van der Waals surface area contributed by atoms with Crippen molar-refractivity contribution >= 4 is 17.9 Å². The van der Waals surface area contributed by atoms with Crippen LogP contribution in [0.15, 0.2) is 0 Å². The molecule has 1 fully saturated rings. The minimum absolute atomic E-state index is 0.0871. The predicted molar refractivity (Wildman–Crippen MR) is 64.0 cm³/mol. The smallest absolute Gasteiger partial charge is 0.315 e. The largest absolute Gasteiger partial charge is 0.481 e. The Balaban J connectivity index is 2.23. The van der Waals surface area contributed by atoms with Crippen LogP contribution in [0, 0.1) is 5.41 Å². The zero-order valence-electron chi connectivity index (χ0n) is 10.7. The second-order valence-electron chi connectivity index (χ2n) is 4.53. The molecule has 0 radical (unpaired) electrons. The van der Waals surface area contributed by atoms with Gasteiger partial charge >= 0.3 is 12.0 Å². The molecule has 0 aromatic heterocycles. The van der Waals surface area contributed by atoms with Crippen molar-refractivity contribution in [2.45, 2.75) is 19.8 Å². The average molecular weight is 257 g/mol. The number of carbonyl (C=O) groups is 3. The van der Waals surface area contributed by atoms with Crippen LogP contribution < -0.4 is 10.6 Å². The van der Waals surface area contributed by atoms with Gasteiger partial charge in [0.05, 0.1) is 12.0 Å². The van der Waals surface area contributed by atoms with Gasteiger partial charge in [-0.2, -0.15) is 0 Å². The highest BCUT2D eigenvalue weighted by Crippen LogP contribution is 2.45. The third-order valence-electron chi connectivity index (χ3n) is 3.19. The first-order valence-corrected chi connectivity index (χ1v) is 5.90. The standard InChI is InChI=1S/C11H19N3O4/c1-3-14(2)8(15)6-12-10(18)13-7-11(4-5-11)9(16)17/h3-7H2,1-2H3,(H,16,17)(H2,12,13,18). The topological polar surface area (TPSA) is 98.7 Å². The summed E-state index contributed by atoms with van der Waals surface area (Å²) in [4.78, 5) is 35.1. The summed E-state index contributed by atoms with van der Waals surface area (Å²) >= 11 is 0. The van der Waals surface area contributed by atoms with Crippen LogP contribution in [0.2, 0.25) is 0 Å². The number of carboxylic acid groups (broad SMARTS) is 1. The van der Waals surface area contributed by atoms with Crippen molar-refractivity contribution in [2.75, 3.05) is 26.7 Å². The molecule has 0 bridgehead atoms. The lowest BCUT2D eigenvalue weighted by Gasteiger charge is -2.15. The van der Waals surface area contributed by atoms with Crippen LogP contribution in [-0.2, 0) is 9.59 Å². The van der Waals surface area contributed by atoms with Gasteiger partial charge in [0.15, 0.2) is 0 Å². The van der Waals surface area contributed by atoms with E-state index >= 15 is 0 Å². The van der Waals surface area contributed by atoms with Gasteiger partial charge in [-0.1, -0.05) is 0 Å². The molecule has 1 aliphatic rings. The monoisotopic (exact) mass is 257 g/mol. The van der Waals surface area contributed by atoms with Crippen molar-refractivity contribution in [2.24, 2.45) is 5.41 Å². The second kappa shape index (κ2) is 5.70. The van der Waals surface area contributed by atoms with Gasteiger partial charge in [-0.05, 0) is 19.8 Å². The molecule has 18 heavy (non-hydrogen) atoms. The van der Waals surface area contributed by atoms with Gasteiger partial charge in [-0.15, -0.1) is 0 Å². The van der Waals surface area contributed by atoms with Crippen LogP contribution >= 0.6 is 0 Å². The van der Waals surface area contributed by atoms with Crippen LogP contribution in [0.5, 0.6) is 0 Å². The molecule has 0 aromatic rings. The van der Waals surface area contributed by atoms with Crippen LogP contribution in [0.25, 0.3) is 0 Å². The Morgan fingerprint density at radius 2 is 1.89 bits per heavy atom. The van der Waals surface area contributed by atoms with E-state index in [1.165, 1.54) is 4.90 Å². The van der Waals surface area contributed by atoms with Crippen LogP contribution in [0.3, 0.4) is 0 Å². The fourth-order valence-electron chi connectivity index (χ4n) is 1.40. The Morgan fingerprint density at radius 3 is 2.33 bits per heavy atom. The summed E-state index contributed by atoms with van der Waals surface area (Å²) in [6.45, 7) is 2.42. The van der Waals surface area contributed by atoms with Crippen LogP contribution in [0.1, 0.15) is 19.8 Å². The molecular weight excluding hydrogens is 238 g/mol. The lowest BCUT2D eigenvalue weighted by molar-refractivity contribution is -0.143. The maximum atomic E-state index is 11.4. The van der Waals surface area contributed by atoms with E-state index in [0.717, 1.165) is 0 Å². The van der Waals surface area contributed by atoms with E-state index in [9.17, 15) is 14.4 Å². The first-order chi connectivity index (χ1) is 8.41. The fourth-order valence-corrected chi connectivity index (χ4v) is 1.40. The first kappa shape index (κ1) is 14.3. The van der Waals surface area contributed by atoms with Crippen molar-refractivity contribution in [3.05, 3.63) is 0 Å². The molecule has 0 unspecified atom stereocenters. The Morgan fingerprint density at radius 1 is 1.28 bits per heavy atom. The van der Waals surface area contributed by atoms with Crippen molar-refractivity contribution in [1.82, 2.24) is 15.5 Å². The number of aliphatic carboxylic acids is 1. The number of rotatable bonds is 6. The quantitative estimate of drug-likeness (QED) is 0.604. The van der Waals surface area contributed by atoms with Gasteiger partial charge in [0.1, 0.15) is 0 Å². The molecule has 0 spiro atoms. The Kier molecular flexibility index (Phi) is 4.52. The van der Waals surface area contributed by atoms with Crippen molar-refractivity contribution in [1.29, 1.82) is 0 Å². The molecule has 1 rings (SSSR count). The first-order valence-electron chi connectivity index (χ1n) is 5.90. The van der Waals surface area contributed by atoms with Gasteiger partial charge in [-0.25, -0.2) is 4.79 Å². The molecular formula is C11H19N3O4. The normalized spacial score (nSPS) is 15.7. The molecule has 7 nitrogen and oxygen atoms in total. The molecule has 0 heterocycles. The summed E-state index contributed by atoms with van der Waals surface area (Å²) in [5, 5.41) is 13.8. The van der Waals surface area contributed by atoms with Gasteiger partial charge in [0.2, 0.25) is 5.91 Å². The van der Waals surface area contributed by atoms with Gasteiger partial charge in [-0.3, -0.25) is 9.59 Å². The maximum absolute atomic E-state index is 11.4. The van der Waals surface area contributed by atoms with E-state index < -0.39 is 17.4 Å². The van der Waals surface area contributed by atoms with Crippen LogP contribution in [-0.4, -0.2) is 54.6 Å². The van der Waals surface area contributed by atoms with E-state index in [1.54, 1.807) is 7.05 Å². The van der Waals surface area contributed by atoms with E-state index in [1.807, 2.05) is 6.92 Å². The van der Waals surface area contributed by atoms with Crippen LogP contribution in [0.4, 0.5) is 4.79 Å². The Hall–Kier alpha value is -1.79. The molecule has 3 N–H and O–H groups in total. The second-order valence-corrected chi connectivity index (χ2v) is 4.53. The summed E-state index contributed by atoms with van der Waals surface area (Å²) in [6.07, 6.45) is 1.17. The molecule has 1 aliphatic carbocycles. The maximum Gasteiger partial charge on any atom is 0.315 e. The minimum atomic E-state index is -0.885. The van der Waals surface area contributed by atoms with E-state index in [4.69, 9.17) is 5.11 Å². The predicted octanol–water partition coefficient (Wildman–Crippen LogP) is -0.371. The number of carbonyl (C=O) groups excluding carboxylic acids is 2. The molecule has 1 saturated carbocycles. The van der Waals surface area contributed by atoms with Crippen molar-refractivity contribution in [3.8, 4) is 0 Å². The van der Waals surface area contributed by atoms with Crippen molar-refractivity contribution in [3.63, 3.8) is 0 Å². The zero-order valence-corrected chi connectivity index (χ0v) is 10.7. The number of amides is 3. The third-order valence-corrected chi connectivity index (χ3v) is 3.19. The Bertz CT molecular complexity index is 352. The van der Waals surface area contributed by atoms with E-state index in [0.29, 0.717) is 19.4 Å². The molecule has 0 atom stereocenters. The number of nitrogens with zero attached hydrogens (tertiary/aromatic N) is 1. The minimum Gasteiger partial charge on any atom is -0.481 e. The van der Waals surface area contributed by atoms with E-state index in [-0.39, 0.29) is 19.0 Å². The van der Waals surface area contributed by atoms with Crippen molar-refractivity contribution < 1.29 is 19.5 Å². The SMILES string of the molecule is CCN(C)C(=O)CNC(=O)NCC1(C(=O)O)CC1. The number of hydrogen-bond donors (Lipinski definition) is 3. The molecule has 0 aliphatic heterocycles. The lowest BCUT2D eigenvalue weighted by atomic mass is 10.1. The van der Waals surface area contributed by atoms with E-state index in [2.05, 4.69) is 10.6 Å². The number of hydrogen-bond acceptors (Lipinski definition) is 3. The molecule has 0 aromatic carbocycles. The Labute approximate surface area is 106 Å². The summed E-state index contributed by atoms with van der Waals surface area (Å²) < 4.78 is 0. The number of likely N-dealkylation sites (N-methyl/N-ethyl adjacent to an activating group) is 1. The van der Waals surface area contributed by atoms with Gasteiger partial charge in [0.25, 0.3) is 0 Å². The summed E-state index contributed by atoms with van der Waals surface area (Å²) in [7, 11) is 1.64. The third kappa shape index (κ3) is 3.61. The highest BCUT2D eigenvalue weighted by molar-refractivity contribution is 5.84. The molecule has 102 valence electrons. The highest BCUT2D eigenvalue weighted by atomic mass is 16.4. The number of urea groups is 1. The van der Waals surface area contributed by atoms with Gasteiger partial charge in [0, 0.05) is 20.1 Å². The zero-order chi connectivity index (χ0) is 13.8. The number of nitrogens with one attached hydrogen (secondary N) is 2. The summed E-state index contributed by atoms with van der Waals surface area (Å²) in [5.41, 5.74) is -0.790. The highest BCUT2D eigenvalue weighted by Gasteiger charge is 2.50. The van der Waals surface area contributed by atoms with Gasteiger partial charge < -0.3 is 20.6 Å². The molecule has 3 amide bonds. The number of carboxylic acids is 1. The fraction of sp³-hybridized carbons (Fsp3) is 0.727. The lowest BCUT2D eigenvalue weighted by Crippen LogP contribution is -2.44. The summed E-state index contributed by atoms with van der Waals surface area (Å²) in [6, 6.07) is -0.514. The summed E-state index contributed by atoms with van der Waals surface area (Å²) in [5.74, 6) is -1.07. The average Bonchev–Trinajstić information content (AvgIpc) is 3.13. The molecule has 0 saturated heterocycles.